The van der Waals surface area contributed by atoms with E-state index in [9.17, 15) is 0 Å². The predicted octanol–water partition coefficient (Wildman–Crippen LogP) is 6.45. The van der Waals surface area contributed by atoms with E-state index in [-0.39, 0.29) is 0 Å². The second-order valence-corrected chi connectivity index (χ2v) is 10.1. The van der Waals surface area contributed by atoms with Crippen molar-refractivity contribution in [2.24, 2.45) is 35.5 Å². The molecule has 0 heterocycles. The zero-order valence-corrected chi connectivity index (χ0v) is 17.9. The van der Waals surface area contributed by atoms with E-state index in [1.807, 2.05) is 0 Å². The van der Waals surface area contributed by atoms with Gasteiger partial charge in [-0.2, -0.15) is 0 Å². The van der Waals surface area contributed by atoms with Crippen LogP contribution >= 0.6 is 11.6 Å². The van der Waals surface area contributed by atoms with Crippen molar-refractivity contribution in [1.29, 1.82) is 0 Å². The monoisotopic (exact) mass is 355 g/mol. The van der Waals surface area contributed by atoms with Crippen LogP contribution in [0.1, 0.15) is 80.1 Å². The molecule has 2 rings (SSSR count). The number of hydrogen-bond donors (Lipinski definition) is 0. The molecule has 0 spiro atoms. The van der Waals surface area contributed by atoms with Gasteiger partial charge in [0, 0.05) is 24.5 Å². The molecule has 6 atom stereocenters. The van der Waals surface area contributed by atoms with E-state index >= 15 is 0 Å². The Kier molecular flexibility index (Phi) is 7.94. The maximum absolute atomic E-state index is 6.32. The lowest BCUT2D eigenvalue weighted by molar-refractivity contribution is -0.0187. The Morgan fingerprint density at radius 2 is 1.21 bits per heavy atom. The van der Waals surface area contributed by atoms with Crippen molar-refractivity contribution in [2.75, 3.05) is 12.4 Å². The van der Waals surface area contributed by atoms with Gasteiger partial charge < -0.3 is 0 Å². The van der Waals surface area contributed by atoms with Crippen molar-refractivity contribution < 1.29 is 0 Å². The summed E-state index contributed by atoms with van der Waals surface area (Å²) in [6, 6.07) is 1.51. The molecule has 142 valence electrons. The molecule has 0 bridgehead atoms. The molecule has 0 aromatic heterocycles. The topological polar surface area (TPSA) is 3.24 Å². The minimum atomic E-state index is 0.754. The molecule has 0 saturated heterocycles. The molecule has 0 aromatic rings. The molecular formula is C22H42ClN. The molecule has 0 aliphatic heterocycles. The van der Waals surface area contributed by atoms with Gasteiger partial charge in [0.25, 0.3) is 0 Å². The molecule has 0 amide bonds. The van der Waals surface area contributed by atoms with Gasteiger partial charge in [-0.1, -0.05) is 54.4 Å². The first-order valence-electron chi connectivity index (χ1n) is 10.7. The van der Waals surface area contributed by atoms with Crippen LogP contribution in [-0.4, -0.2) is 29.4 Å². The van der Waals surface area contributed by atoms with Gasteiger partial charge in [-0.15, -0.1) is 11.6 Å². The van der Waals surface area contributed by atoms with E-state index in [1.165, 1.54) is 38.5 Å². The number of hydrogen-bond acceptors (Lipinski definition) is 1. The first kappa shape index (κ1) is 20.6. The summed E-state index contributed by atoms with van der Waals surface area (Å²) < 4.78 is 0. The number of nitrogens with zero attached hydrogens (tertiary/aromatic N) is 1. The Balaban J connectivity index is 2.26. The van der Waals surface area contributed by atoms with E-state index in [1.54, 1.807) is 0 Å². The third-order valence-electron chi connectivity index (χ3n) is 7.17. The van der Waals surface area contributed by atoms with Crippen LogP contribution in [0.2, 0.25) is 0 Å². The van der Waals surface area contributed by atoms with Crippen LogP contribution in [0.15, 0.2) is 0 Å². The van der Waals surface area contributed by atoms with Crippen molar-refractivity contribution in [1.82, 2.24) is 4.90 Å². The normalized spacial score (nSPS) is 38.2. The molecule has 0 N–H and O–H groups in total. The highest BCUT2D eigenvalue weighted by molar-refractivity contribution is 6.18. The summed E-state index contributed by atoms with van der Waals surface area (Å²) in [7, 11) is 0. The Bertz CT molecular complexity index is 335. The average molecular weight is 356 g/mol. The van der Waals surface area contributed by atoms with Gasteiger partial charge in [-0.25, -0.2) is 0 Å². The van der Waals surface area contributed by atoms with E-state index in [0.717, 1.165) is 60.0 Å². The van der Waals surface area contributed by atoms with E-state index in [0.29, 0.717) is 0 Å². The number of alkyl halides is 1. The molecule has 24 heavy (non-hydrogen) atoms. The molecule has 2 heteroatoms. The highest BCUT2D eigenvalue weighted by Crippen LogP contribution is 2.42. The summed E-state index contributed by atoms with van der Waals surface area (Å²) in [4.78, 5) is 2.91. The van der Waals surface area contributed by atoms with E-state index in [4.69, 9.17) is 11.6 Å². The largest absolute Gasteiger partial charge is 0.296 e. The molecule has 2 aliphatic rings. The van der Waals surface area contributed by atoms with Crippen LogP contribution in [0, 0.1) is 35.5 Å². The smallest absolute Gasteiger partial charge is 0.0351 e. The lowest BCUT2D eigenvalue weighted by Gasteiger charge is -2.51. The first-order chi connectivity index (χ1) is 11.3. The SMILES string of the molecule is CC1CCC(C(C)C)C(N(CCCl)C2CC(C)CCC2C(C)C)C1. The van der Waals surface area contributed by atoms with Crippen LogP contribution in [0.4, 0.5) is 0 Å². The minimum Gasteiger partial charge on any atom is -0.296 e. The van der Waals surface area contributed by atoms with Crippen molar-refractivity contribution in [2.45, 2.75) is 92.2 Å². The summed E-state index contributed by atoms with van der Waals surface area (Å²) in [5.41, 5.74) is 0. The third-order valence-corrected chi connectivity index (χ3v) is 7.34. The fraction of sp³-hybridized carbons (Fsp3) is 1.00. The van der Waals surface area contributed by atoms with E-state index < -0.39 is 0 Å². The first-order valence-corrected chi connectivity index (χ1v) is 11.2. The van der Waals surface area contributed by atoms with Crippen LogP contribution in [-0.2, 0) is 0 Å². The highest BCUT2D eigenvalue weighted by atomic mass is 35.5. The van der Waals surface area contributed by atoms with Gasteiger partial charge in [0.15, 0.2) is 0 Å². The molecule has 2 fully saturated rings. The van der Waals surface area contributed by atoms with Crippen molar-refractivity contribution >= 4 is 11.6 Å². The second kappa shape index (κ2) is 9.26. The van der Waals surface area contributed by atoms with Crippen LogP contribution in [0.5, 0.6) is 0 Å². The zero-order chi connectivity index (χ0) is 17.9. The Labute approximate surface area is 156 Å². The van der Waals surface area contributed by atoms with Gasteiger partial charge in [0.2, 0.25) is 0 Å². The molecule has 2 aliphatic carbocycles. The Hall–Kier alpha value is 0.250. The summed E-state index contributed by atoms with van der Waals surface area (Å²) in [6.45, 7) is 15.8. The summed E-state index contributed by atoms with van der Waals surface area (Å²) in [5.74, 6) is 5.83. The molecule has 0 aromatic carbocycles. The maximum atomic E-state index is 6.32. The van der Waals surface area contributed by atoms with Gasteiger partial charge in [0.1, 0.15) is 0 Å². The molecular weight excluding hydrogens is 314 g/mol. The molecule has 2 saturated carbocycles. The lowest BCUT2D eigenvalue weighted by Crippen LogP contribution is -2.55. The summed E-state index contributed by atoms with van der Waals surface area (Å²) in [6.07, 6.45) is 8.43. The number of rotatable bonds is 6. The van der Waals surface area contributed by atoms with Crippen LogP contribution in [0.3, 0.4) is 0 Å². The van der Waals surface area contributed by atoms with Crippen LogP contribution in [0.25, 0.3) is 0 Å². The van der Waals surface area contributed by atoms with Gasteiger partial charge in [-0.05, 0) is 61.2 Å². The number of halogens is 1. The molecule has 6 unspecified atom stereocenters. The second-order valence-electron chi connectivity index (χ2n) is 9.71. The summed E-state index contributed by atoms with van der Waals surface area (Å²) >= 11 is 6.32. The Morgan fingerprint density at radius 1 is 0.792 bits per heavy atom. The predicted molar refractivity (Wildman–Crippen MR) is 108 cm³/mol. The van der Waals surface area contributed by atoms with E-state index in [2.05, 4.69) is 46.4 Å². The fourth-order valence-electron chi connectivity index (χ4n) is 5.74. The quantitative estimate of drug-likeness (QED) is 0.495. The van der Waals surface area contributed by atoms with Crippen molar-refractivity contribution in [3.05, 3.63) is 0 Å². The van der Waals surface area contributed by atoms with Gasteiger partial charge in [-0.3, -0.25) is 4.90 Å². The maximum Gasteiger partial charge on any atom is 0.0351 e. The summed E-state index contributed by atoms with van der Waals surface area (Å²) in [5, 5.41) is 0. The van der Waals surface area contributed by atoms with Crippen molar-refractivity contribution in [3.8, 4) is 0 Å². The average Bonchev–Trinajstić information content (AvgIpc) is 2.51. The van der Waals surface area contributed by atoms with Gasteiger partial charge >= 0.3 is 0 Å². The van der Waals surface area contributed by atoms with Crippen molar-refractivity contribution in [3.63, 3.8) is 0 Å². The molecule has 1 nitrogen and oxygen atoms in total. The molecule has 0 radical (unpaired) electrons. The zero-order valence-electron chi connectivity index (χ0n) is 17.1. The third kappa shape index (κ3) is 4.91. The fourth-order valence-corrected chi connectivity index (χ4v) is 5.94. The van der Waals surface area contributed by atoms with Crippen LogP contribution < -0.4 is 0 Å². The Morgan fingerprint density at radius 3 is 1.54 bits per heavy atom. The highest BCUT2D eigenvalue weighted by Gasteiger charge is 2.41. The minimum absolute atomic E-state index is 0.754. The standard InChI is InChI=1S/C22H42ClN/c1-15(2)19-9-7-17(5)13-21(19)24(12-11-23)22-14-18(6)8-10-20(22)16(3)4/h15-22H,7-14H2,1-6H3. The van der Waals surface area contributed by atoms with Gasteiger partial charge in [0.05, 0.1) is 0 Å². The lowest BCUT2D eigenvalue weighted by atomic mass is 9.69.